The predicted octanol–water partition coefficient (Wildman–Crippen LogP) is 6.20. The van der Waals surface area contributed by atoms with Gasteiger partial charge in [0.2, 0.25) is 0 Å². The van der Waals surface area contributed by atoms with Crippen LogP contribution in [0.1, 0.15) is 33.3 Å². The summed E-state index contributed by atoms with van der Waals surface area (Å²) in [4.78, 5) is 1.54. The minimum absolute atomic E-state index is 0.175. The molecular formula is C22H29Cl2NOS. The van der Waals surface area contributed by atoms with Gasteiger partial charge in [-0.1, -0.05) is 74.3 Å². The lowest BCUT2D eigenvalue weighted by Crippen LogP contribution is -2.38. The van der Waals surface area contributed by atoms with E-state index in [0.29, 0.717) is 15.8 Å². The summed E-state index contributed by atoms with van der Waals surface area (Å²) < 4.78 is 0. The van der Waals surface area contributed by atoms with E-state index in [1.54, 1.807) is 6.07 Å². The summed E-state index contributed by atoms with van der Waals surface area (Å²) in [5, 5.41) is 14.8. The van der Waals surface area contributed by atoms with Crippen molar-refractivity contribution in [2.75, 3.05) is 19.6 Å². The van der Waals surface area contributed by atoms with Crippen molar-refractivity contribution in [3.05, 3.63) is 68.5 Å². The number of halogens is 2. The van der Waals surface area contributed by atoms with Crippen molar-refractivity contribution in [2.24, 2.45) is 5.92 Å². The van der Waals surface area contributed by atoms with E-state index < -0.39 is 4.93 Å². The Morgan fingerprint density at radius 3 is 2.00 bits per heavy atom. The summed E-state index contributed by atoms with van der Waals surface area (Å²) in [5.74, 6) is 0.847. The van der Waals surface area contributed by atoms with Crippen LogP contribution in [0.5, 0.6) is 0 Å². The van der Waals surface area contributed by atoms with Crippen LogP contribution in [0.15, 0.2) is 42.5 Å². The van der Waals surface area contributed by atoms with E-state index in [1.165, 1.54) is 22.2 Å². The maximum absolute atomic E-state index is 10.7. The van der Waals surface area contributed by atoms with E-state index in [-0.39, 0.29) is 5.92 Å². The van der Waals surface area contributed by atoms with Gasteiger partial charge in [-0.2, -0.15) is 0 Å². The Morgan fingerprint density at radius 1 is 1.04 bits per heavy atom. The normalized spacial score (nSPS) is 15.0. The second-order valence-electron chi connectivity index (χ2n) is 7.04. The molecule has 0 aliphatic heterocycles. The molecule has 0 saturated carbocycles. The largest absolute Gasteiger partial charge is 0.379 e. The van der Waals surface area contributed by atoms with Gasteiger partial charge in [-0.25, -0.2) is 0 Å². The molecular weight excluding hydrogens is 397 g/mol. The zero-order valence-electron chi connectivity index (χ0n) is 16.5. The Balaban J connectivity index is 0.000000358. The van der Waals surface area contributed by atoms with Gasteiger partial charge >= 0.3 is 0 Å². The van der Waals surface area contributed by atoms with Crippen LogP contribution in [0.3, 0.4) is 0 Å². The third-order valence-electron chi connectivity index (χ3n) is 5.09. The Kier molecular flexibility index (Phi) is 8.51. The number of rotatable bonds is 8. The van der Waals surface area contributed by atoms with Crippen molar-refractivity contribution < 1.29 is 5.11 Å². The van der Waals surface area contributed by atoms with Crippen LogP contribution in [0.4, 0.5) is 0 Å². The van der Waals surface area contributed by atoms with E-state index in [0.717, 1.165) is 25.2 Å². The third-order valence-corrected chi connectivity index (χ3v) is 7.12. The van der Waals surface area contributed by atoms with Crippen molar-refractivity contribution in [3.8, 4) is 0 Å². The van der Waals surface area contributed by atoms with Gasteiger partial charge in [0.05, 0.1) is 0 Å². The topological polar surface area (TPSA) is 23.5 Å². The Labute approximate surface area is 177 Å². The van der Waals surface area contributed by atoms with Crippen molar-refractivity contribution >= 4 is 35.0 Å². The molecule has 1 N–H and O–H groups in total. The first-order valence-electron chi connectivity index (χ1n) is 9.39. The Bertz CT molecular complexity index is 786. The predicted molar refractivity (Wildman–Crippen MR) is 119 cm³/mol. The van der Waals surface area contributed by atoms with E-state index in [9.17, 15) is 5.11 Å². The molecule has 0 fully saturated rings. The summed E-state index contributed by atoms with van der Waals surface area (Å²) in [7, 11) is 0. The SMILES string of the molecule is CCN(CC)CC(C)C(C)(O)SCc1ccc(Cl)cc1Cl.c1cc2ccc1=2. The van der Waals surface area contributed by atoms with Crippen LogP contribution in [-0.2, 0) is 5.75 Å². The molecule has 27 heavy (non-hydrogen) atoms. The number of aliphatic hydroxyl groups is 1. The molecule has 0 aromatic heterocycles. The van der Waals surface area contributed by atoms with Crippen LogP contribution >= 0.6 is 35.0 Å². The van der Waals surface area contributed by atoms with E-state index in [1.807, 2.05) is 19.1 Å². The molecule has 2 aliphatic carbocycles. The van der Waals surface area contributed by atoms with E-state index >= 15 is 0 Å². The fourth-order valence-electron chi connectivity index (χ4n) is 2.71. The van der Waals surface area contributed by atoms with Crippen LogP contribution in [-0.4, -0.2) is 34.6 Å². The molecule has 2 unspecified atom stereocenters. The number of nitrogens with zero attached hydrogens (tertiary/aromatic N) is 1. The van der Waals surface area contributed by atoms with Gasteiger partial charge < -0.3 is 10.0 Å². The van der Waals surface area contributed by atoms with E-state index in [2.05, 4.69) is 49.9 Å². The second-order valence-corrected chi connectivity index (χ2v) is 9.29. The molecule has 3 rings (SSSR count). The molecule has 0 amide bonds. The van der Waals surface area contributed by atoms with Crippen LogP contribution in [0, 0.1) is 16.4 Å². The lowest BCUT2D eigenvalue weighted by Gasteiger charge is -2.33. The van der Waals surface area contributed by atoms with Crippen molar-refractivity contribution in [3.63, 3.8) is 0 Å². The first kappa shape index (κ1) is 22.6. The number of thioether (sulfide) groups is 1. The van der Waals surface area contributed by atoms with Crippen LogP contribution in [0.25, 0.3) is 0 Å². The Morgan fingerprint density at radius 2 is 1.59 bits per heavy atom. The third kappa shape index (κ3) is 6.40. The minimum Gasteiger partial charge on any atom is -0.379 e. The monoisotopic (exact) mass is 425 g/mol. The van der Waals surface area contributed by atoms with Gasteiger partial charge in [-0.05, 0) is 48.1 Å². The second kappa shape index (κ2) is 10.2. The van der Waals surface area contributed by atoms with Gasteiger partial charge in [-0.3, -0.25) is 0 Å². The lowest BCUT2D eigenvalue weighted by molar-refractivity contribution is 0.0752. The Hall–Kier alpha value is -0.710. The summed E-state index contributed by atoms with van der Waals surface area (Å²) in [6, 6.07) is 14.0. The van der Waals surface area contributed by atoms with E-state index in [4.69, 9.17) is 23.2 Å². The molecule has 2 nitrogen and oxygen atoms in total. The molecule has 0 spiro atoms. The summed E-state index contributed by atoms with van der Waals surface area (Å²) in [6.07, 6.45) is 0. The minimum atomic E-state index is -0.786. The molecule has 148 valence electrons. The molecule has 0 heterocycles. The molecule has 2 aliphatic rings. The van der Waals surface area contributed by atoms with Crippen LogP contribution in [0.2, 0.25) is 10.0 Å². The van der Waals surface area contributed by atoms with Gasteiger partial charge in [0.25, 0.3) is 0 Å². The quantitative estimate of drug-likeness (QED) is 0.434. The maximum Gasteiger partial charge on any atom is 0.111 e. The smallest absolute Gasteiger partial charge is 0.111 e. The highest BCUT2D eigenvalue weighted by atomic mass is 35.5. The van der Waals surface area contributed by atoms with Crippen molar-refractivity contribution in [1.82, 2.24) is 4.90 Å². The molecule has 5 heteroatoms. The summed E-state index contributed by atoms with van der Waals surface area (Å²) >= 11 is 13.6. The summed E-state index contributed by atoms with van der Waals surface area (Å²) in [6.45, 7) is 11.2. The van der Waals surface area contributed by atoms with Gasteiger partial charge in [0.1, 0.15) is 4.93 Å². The molecule has 0 radical (unpaired) electrons. The summed E-state index contributed by atoms with van der Waals surface area (Å²) in [5.41, 5.74) is 1.00. The fraction of sp³-hybridized carbons (Fsp3) is 0.455. The zero-order valence-corrected chi connectivity index (χ0v) is 18.8. The average Bonchev–Trinajstić information content (AvgIpc) is 2.62. The molecule has 2 atom stereocenters. The molecule has 0 bridgehead atoms. The van der Waals surface area contributed by atoms with Crippen molar-refractivity contribution in [1.29, 1.82) is 0 Å². The van der Waals surface area contributed by atoms with Gasteiger partial charge in [0.15, 0.2) is 0 Å². The number of hydrogen-bond donors (Lipinski definition) is 1. The first-order chi connectivity index (χ1) is 12.8. The van der Waals surface area contributed by atoms with Crippen molar-refractivity contribution in [2.45, 2.75) is 38.4 Å². The highest BCUT2D eigenvalue weighted by Gasteiger charge is 2.30. The standard InChI is InChI=1S/C16H25Cl2NOS.C6H4/c1-5-19(6-2)10-12(3)16(4,20)21-11-13-7-8-14(17)9-15(13)18;1-2-6-4-3-5(1)6/h7-9,12,20H,5-6,10-11H2,1-4H3;1-4H. The number of benzene rings is 2. The zero-order chi connectivity index (χ0) is 20.0. The fourth-order valence-corrected chi connectivity index (χ4v) is 4.32. The highest BCUT2D eigenvalue weighted by Crippen LogP contribution is 2.35. The van der Waals surface area contributed by atoms with Gasteiger partial charge in [0, 0.05) is 28.3 Å². The van der Waals surface area contributed by atoms with Crippen LogP contribution < -0.4 is 0 Å². The van der Waals surface area contributed by atoms with Gasteiger partial charge in [-0.15, -0.1) is 11.8 Å². The molecule has 1 aromatic rings. The average molecular weight is 426 g/mol. The molecule has 0 saturated heterocycles. The number of hydrogen-bond acceptors (Lipinski definition) is 3. The molecule has 1 aromatic carbocycles. The maximum atomic E-state index is 10.7. The highest BCUT2D eigenvalue weighted by molar-refractivity contribution is 7.99. The lowest BCUT2D eigenvalue weighted by atomic mass is 10.1. The first-order valence-corrected chi connectivity index (χ1v) is 11.1.